The van der Waals surface area contributed by atoms with Crippen LogP contribution >= 0.6 is 0 Å². The van der Waals surface area contributed by atoms with Crippen LogP contribution in [0.2, 0.25) is 0 Å². The van der Waals surface area contributed by atoms with E-state index in [1.165, 1.54) is 36.3 Å². The fraction of sp³-hybridized carbons (Fsp3) is 0.286. The largest absolute Gasteiger partial charge is 0.465 e. The third kappa shape index (κ3) is 5.09. The molecule has 2 N–H and O–H groups in total. The predicted octanol–water partition coefficient (Wildman–Crippen LogP) is 3.13. The molecule has 0 aliphatic rings. The van der Waals surface area contributed by atoms with Crippen molar-refractivity contribution < 1.29 is 23.9 Å². The van der Waals surface area contributed by atoms with Crippen molar-refractivity contribution in [1.29, 1.82) is 0 Å². The molecule has 0 aliphatic carbocycles. The van der Waals surface area contributed by atoms with Gasteiger partial charge in [0.2, 0.25) is 0 Å². The number of primary amides is 1. The van der Waals surface area contributed by atoms with Crippen LogP contribution in [-0.2, 0) is 20.9 Å². The SMILES string of the molecule is COC(=O)c1ccc(N(C(N)=O)[C@H](C(=O)OCc2ccccc2)C(C)C)cc1. The number of carbonyl (C=O) groups is 3. The average molecular weight is 384 g/mol. The molecular formula is C21H24N2O5. The molecule has 0 fully saturated rings. The number of esters is 2. The fourth-order valence-electron chi connectivity index (χ4n) is 2.79. The first kappa shape index (κ1) is 21.0. The molecule has 1 atom stereocenters. The van der Waals surface area contributed by atoms with E-state index in [-0.39, 0.29) is 12.5 Å². The Balaban J connectivity index is 2.25. The molecule has 0 radical (unpaired) electrons. The maximum atomic E-state index is 12.8. The number of rotatable bonds is 7. The highest BCUT2D eigenvalue weighted by atomic mass is 16.5. The summed E-state index contributed by atoms with van der Waals surface area (Å²) >= 11 is 0. The zero-order valence-corrected chi connectivity index (χ0v) is 16.1. The van der Waals surface area contributed by atoms with E-state index >= 15 is 0 Å². The second kappa shape index (κ2) is 9.55. The Morgan fingerprint density at radius 3 is 2.11 bits per heavy atom. The minimum Gasteiger partial charge on any atom is -0.465 e. The molecule has 0 bridgehead atoms. The minimum atomic E-state index is -0.912. The number of methoxy groups -OCH3 is 1. The summed E-state index contributed by atoms with van der Waals surface area (Å²) in [5, 5.41) is 0. The summed E-state index contributed by atoms with van der Waals surface area (Å²) in [6.07, 6.45) is 0. The second-order valence-corrected chi connectivity index (χ2v) is 6.53. The van der Waals surface area contributed by atoms with E-state index in [0.29, 0.717) is 11.3 Å². The van der Waals surface area contributed by atoms with Crippen molar-refractivity contribution in [2.24, 2.45) is 11.7 Å². The van der Waals surface area contributed by atoms with Crippen molar-refractivity contribution in [2.45, 2.75) is 26.5 Å². The Morgan fingerprint density at radius 1 is 1.00 bits per heavy atom. The summed E-state index contributed by atoms with van der Waals surface area (Å²) in [5.74, 6) is -1.31. The van der Waals surface area contributed by atoms with E-state index in [2.05, 4.69) is 4.74 Å². The molecule has 0 unspecified atom stereocenters. The number of nitrogens with two attached hydrogens (primary N) is 1. The minimum absolute atomic E-state index is 0.0940. The van der Waals surface area contributed by atoms with Gasteiger partial charge in [0.05, 0.1) is 12.7 Å². The first-order valence-electron chi connectivity index (χ1n) is 8.82. The van der Waals surface area contributed by atoms with Crippen LogP contribution in [0.25, 0.3) is 0 Å². The van der Waals surface area contributed by atoms with Gasteiger partial charge in [-0.05, 0) is 35.7 Å². The number of hydrogen-bond acceptors (Lipinski definition) is 5. The lowest BCUT2D eigenvalue weighted by molar-refractivity contribution is -0.147. The third-order valence-corrected chi connectivity index (χ3v) is 4.18. The first-order valence-corrected chi connectivity index (χ1v) is 8.82. The van der Waals surface area contributed by atoms with E-state index in [1.54, 1.807) is 13.8 Å². The van der Waals surface area contributed by atoms with E-state index in [9.17, 15) is 14.4 Å². The Hall–Kier alpha value is -3.35. The molecule has 0 heterocycles. The Kier molecular flexibility index (Phi) is 7.14. The topological polar surface area (TPSA) is 98.9 Å². The van der Waals surface area contributed by atoms with Gasteiger partial charge in [-0.1, -0.05) is 44.2 Å². The van der Waals surface area contributed by atoms with Crippen LogP contribution in [0.5, 0.6) is 0 Å². The number of nitrogens with zero attached hydrogens (tertiary/aromatic N) is 1. The lowest BCUT2D eigenvalue weighted by atomic mass is 10.0. The molecule has 28 heavy (non-hydrogen) atoms. The van der Waals surface area contributed by atoms with Gasteiger partial charge >= 0.3 is 18.0 Å². The Morgan fingerprint density at radius 2 is 1.61 bits per heavy atom. The average Bonchev–Trinajstić information content (AvgIpc) is 2.70. The molecule has 2 aromatic rings. The number of amides is 2. The van der Waals surface area contributed by atoms with Crippen molar-refractivity contribution in [3.63, 3.8) is 0 Å². The molecule has 0 saturated heterocycles. The number of ether oxygens (including phenoxy) is 2. The molecule has 7 nitrogen and oxygen atoms in total. The number of carbonyl (C=O) groups excluding carboxylic acids is 3. The van der Waals surface area contributed by atoms with Gasteiger partial charge in [-0.2, -0.15) is 0 Å². The van der Waals surface area contributed by atoms with Crippen molar-refractivity contribution in [2.75, 3.05) is 12.0 Å². The van der Waals surface area contributed by atoms with Gasteiger partial charge in [0.25, 0.3) is 0 Å². The molecule has 2 amide bonds. The quantitative estimate of drug-likeness (QED) is 0.740. The predicted molar refractivity (Wildman–Crippen MR) is 105 cm³/mol. The van der Waals surface area contributed by atoms with Crippen molar-refractivity contribution in [1.82, 2.24) is 0 Å². The van der Waals surface area contributed by atoms with Crippen LogP contribution in [0.3, 0.4) is 0 Å². The van der Waals surface area contributed by atoms with E-state index < -0.39 is 24.0 Å². The van der Waals surface area contributed by atoms with Crippen LogP contribution in [0.4, 0.5) is 10.5 Å². The van der Waals surface area contributed by atoms with Crippen molar-refractivity contribution >= 4 is 23.7 Å². The Bertz CT molecular complexity index is 818. The highest BCUT2D eigenvalue weighted by molar-refractivity contribution is 5.98. The lowest BCUT2D eigenvalue weighted by Crippen LogP contribution is -2.51. The van der Waals surface area contributed by atoms with Crippen LogP contribution in [-0.4, -0.2) is 31.1 Å². The molecule has 0 aromatic heterocycles. The highest BCUT2D eigenvalue weighted by Crippen LogP contribution is 2.23. The second-order valence-electron chi connectivity index (χ2n) is 6.53. The number of benzene rings is 2. The van der Waals surface area contributed by atoms with Crippen molar-refractivity contribution in [3.8, 4) is 0 Å². The normalized spacial score (nSPS) is 11.6. The maximum absolute atomic E-state index is 12.8. The smallest absolute Gasteiger partial charge is 0.337 e. The summed E-state index contributed by atoms with van der Waals surface area (Å²) < 4.78 is 10.1. The summed E-state index contributed by atoms with van der Waals surface area (Å²) in [4.78, 5) is 37.7. The zero-order valence-electron chi connectivity index (χ0n) is 16.1. The zero-order chi connectivity index (χ0) is 20.7. The highest BCUT2D eigenvalue weighted by Gasteiger charge is 2.34. The fourth-order valence-corrected chi connectivity index (χ4v) is 2.79. The van der Waals surface area contributed by atoms with Gasteiger partial charge in [-0.15, -0.1) is 0 Å². The molecule has 2 rings (SSSR count). The molecule has 0 aliphatic heterocycles. The van der Waals surface area contributed by atoms with E-state index in [0.717, 1.165) is 5.56 Å². The summed E-state index contributed by atoms with van der Waals surface area (Å²) in [6, 6.07) is 13.6. The molecule has 2 aromatic carbocycles. The van der Waals surface area contributed by atoms with Crippen molar-refractivity contribution in [3.05, 3.63) is 65.7 Å². The van der Waals surface area contributed by atoms with Gasteiger partial charge in [-0.25, -0.2) is 14.4 Å². The van der Waals surface area contributed by atoms with Crippen LogP contribution < -0.4 is 10.6 Å². The van der Waals surface area contributed by atoms with Crippen LogP contribution in [0.1, 0.15) is 29.8 Å². The van der Waals surface area contributed by atoms with Gasteiger partial charge in [0, 0.05) is 5.69 Å². The number of hydrogen-bond donors (Lipinski definition) is 1. The lowest BCUT2D eigenvalue weighted by Gasteiger charge is -2.31. The maximum Gasteiger partial charge on any atom is 0.337 e. The summed E-state index contributed by atoms with van der Waals surface area (Å²) in [7, 11) is 1.28. The Labute approximate surface area is 164 Å². The molecule has 0 spiro atoms. The van der Waals surface area contributed by atoms with Gasteiger partial charge in [0.15, 0.2) is 0 Å². The monoisotopic (exact) mass is 384 g/mol. The standard InChI is InChI=1S/C21H24N2O5/c1-14(2)18(20(25)28-13-15-7-5-4-6-8-15)23(21(22)26)17-11-9-16(10-12-17)19(24)27-3/h4-12,14,18H,13H2,1-3H3,(H2,22,26)/t18-/m0/s1. The number of urea groups is 1. The molecule has 7 heteroatoms. The first-order chi connectivity index (χ1) is 13.3. The van der Waals surface area contributed by atoms with Crippen LogP contribution in [0.15, 0.2) is 54.6 Å². The van der Waals surface area contributed by atoms with Crippen LogP contribution in [0, 0.1) is 5.92 Å². The number of anilines is 1. The van der Waals surface area contributed by atoms with E-state index in [4.69, 9.17) is 10.5 Å². The van der Waals surface area contributed by atoms with Gasteiger partial charge < -0.3 is 15.2 Å². The molecular weight excluding hydrogens is 360 g/mol. The summed E-state index contributed by atoms with van der Waals surface area (Å²) in [5.41, 5.74) is 7.11. The van der Waals surface area contributed by atoms with Gasteiger partial charge in [-0.3, -0.25) is 4.90 Å². The van der Waals surface area contributed by atoms with Gasteiger partial charge in [0.1, 0.15) is 12.6 Å². The molecule has 0 saturated carbocycles. The third-order valence-electron chi connectivity index (χ3n) is 4.18. The molecule has 148 valence electrons. The summed E-state index contributed by atoms with van der Waals surface area (Å²) in [6.45, 7) is 3.69. The van der Waals surface area contributed by atoms with E-state index in [1.807, 2.05) is 30.3 Å².